The predicted molar refractivity (Wildman–Crippen MR) is 129 cm³/mol. The van der Waals surface area contributed by atoms with Crippen LogP contribution in [0.2, 0.25) is 5.02 Å². The Balaban J connectivity index is 1.96. The first-order chi connectivity index (χ1) is 16.8. The van der Waals surface area contributed by atoms with Crippen molar-refractivity contribution in [3.8, 4) is 5.75 Å². The molecule has 192 valence electrons. The van der Waals surface area contributed by atoms with Gasteiger partial charge in [0.2, 0.25) is 5.91 Å². The van der Waals surface area contributed by atoms with E-state index in [-0.39, 0.29) is 22.9 Å². The summed E-state index contributed by atoms with van der Waals surface area (Å²) in [5.74, 6) is -2.49. The number of rotatable bonds is 9. The van der Waals surface area contributed by atoms with Gasteiger partial charge in [0, 0.05) is 16.7 Å². The largest absolute Gasteiger partial charge is 0.484 e. The highest BCUT2D eigenvalue weighted by molar-refractivity contribution is 6.31. The lowest BCUT2D eigenvalue weighted by molar-refractivity contribution is -0.167. The van der Waals surface area contributed by atoms with Crippen molar-refractivity contribution < 1.29 is 33.0 Å². The van der Waals surface area contributed by atoms with E-state index in [2.05, 4.69) is 5.32 Å². The number of hydrogen-bond donors (Lipinski definition) is 3. The topological polar surface area (TPSA) is 151 Å². The first-order valence-corrected chi connectivity index (χ1v) is 11.5. The molecule has 11 heteroatoms. The third-order valence-corrected chi connectivity index (χ3v) is 6.09. The fourth-order valence-electron chi connectivity index (χ4n) is 3.92. The number of ketones is 2. The molecule has 36 heavy (non-hydrogen) atoms. The minimum absolute atomic E-state index is 0.176. The fourth-order valence-corrected chi connectivity index (χ4v) is 4.10. The summed E-state index contributed by atoms with van der Waals surface area (Å²) >= 11 is 5.81. The molecule has 0 radical (unpaired) electrons. The Labute approximate surface area is 212 Å². The minimum atomic E-state index is -1.30. The maximum absolute atomic E-state index is 13.5. The van der Waals surface area contributed by atoms with Crippen LogP contribution in [0, 0.1) is 5.82 Å². The SMILES string of the molecule is CC(=O)c1ccc2c(c1)[C@H](NCC(=O)c1ccc(F)c(Cl)c1)[C@H](OC(=O)[C@@H](N)CC(N)=O)C(C)(C)O2. The Morgan fingerprint density at radius 2 is 1.83 bits per heavy atom. The van der Waals surface area contributed by atoms with E-state index in [9.17, 15) is 23.6 Å². The monoisotopic (exact) mass is 519 g/mol. The van der Waals surface area contributed by atoms with Gasteiger partial charge in [-0.15, -0.1) is 0 Å². The van der Waals surface area contributed by atoms with Crippen LogP contribution in [0.4, 0.5) is 4.39 Å². The summed E-state index contributed by atoms with van der Waals surface area (Å²) in [7, 11) is 0. The lowest BCUT2D eigenvalue weighted by Crippen LogP contribution is -2.56. The molecule has 5 N–H and O–H groups in total. The zero-order chi connectivity index (χ0) is 26.8. The van der Waals surface area contributed by atoms with Crippen LogP contribution >= 0.6 is 11.6 Å². The van der Waals surface area contributed by atoms with Gasteiger partial charge < -0.3 is 20.9 Å². The van der Waals surface area contributed by atoms with Crippen molar-refractivity contribution in [3.05, 3.63) is 63.9 Å². The number of carbonyl (C=O) groups is 4. The molecule has 9 nitrogen and oxygen atoms in total. The van der Waals surface area contributed by atoms with E-state index in [0.717, 1.165) is 6.07 Å². The molecule has 0 aliphatic carbocycles. The van der Waals surface area contributed by atoms with Gasteiger partial charge in [0.15, 0.2) is 17.7 Å². The number of nitrogens with two attached hydrogens (primary N) is 2. The fraction of sp³-hybridized carbons (Fsp3) is 0.360. The third kappa shape index (κ3) is 6.07. The predicted octanol–water partition coefficient (Wildman–Crippen LogP) is 2.48. The molecule has 0 saturated heterocycles. The zero-order valence-electron chi connectivity index (χ0n) is 20.0. The van der Waals surface area contributed by atoms with Crippen LogP contribution in [0.15, 0.2) is 36.4 Å². The van der Waals surface area contributed by atoms with E-state index in [1.54, 1.807) is 32.0 Å². The molecule has 0 fully saturated rings. The van der Waals surface area contributed by atoms with Gasteiger partial charge in [0.05, 0.1) is 24.0 Å². The quantitative estimate of drug-likeness (QED) is 0.337. The Hall–Kier alpha value is -3.34. The number of nitrogens with one attached hydrogen (secondary N) is 1. The van der Waals surface area contributed by atoms with Crippen LogP contribution in [-0.2, 0) is 14.3 Å². The molecule has 1 aliphatic heterocycles. The number of carbonyl (C=O) groups excluding carboxylic acids is 4. The van der Waals surface area contributed by atoms with Gasteiger partial charge >= 0.3 is 5.97 Å². The molecular formula is C25H27ClFN3O6. The van der Waals surface area contributed by atoms with E-state index in [4.69, 9.17) is 32.5 Å². The molecule has 0 saturated carbocycles. The normalized spacial score (nSPS) is 18.9. The van der Waals surface area contributed by atoms with Crippen molar-refractivity contribution in [3.63, 3.8) is 0 Å². The molecule has 0 unspecified atom stereocenters. The number of amides is 1. The molecule has 0 bridgehead atoms. The zero-order valence-corrected chi connectivity index (χ0v) is 20.7. The lowest BCUT2D eigenvalue weighted by Gasteiger charge is -2.44. The molecule has 1 amide bonds. The Morgan fingerprint density at radius 1 is 1.17 bits per heavy atom. The van der Waals surface area contributed by atoms with E-state index in [1.807, 2.05) is 0 Å². The van der Waals surface area contributed by atoms with Crippen LogP contribution in [0.3, 0.4) is 0 Å². The lowest BCUT2D eigenvalue weighted by atomic mass is 9.85. The number of Topliss-reactive ketones (excluding diaryl/α,β-unsaturated/α-hetero) is 2. The van der Waals surface area contributed by atoms with Gasteiger partial charge in [-0.3, -0.25) is 24.5 Å². The number of primary amides is 1. The molecule has 3 rings (SSSR count). The van der Waals surface area contributed by atoms with Crippen LogP contribution in [0.25, 0.3) is 0 Å². The molecule has 2 aromatic carbocycles. The van der Waals surface area contributed by atoms with Gasteiger partial charge in [0.1, 0.15) is 23.2 Å². The standard InChI is InChI=1S/C25H27ClFN3O6/c1-12(31)13-5-7-20-15(8-13)22(30-11-19(32)14-4-6-17(27)16(26)9-14)23(25(2,3)36-20)35-24(34)18(28)10-21(29)33/h4-9,18,22-23,30H,10-11,28H2,1-3H3,(H2,29,33)/t18-,22-,23-/m0/s1. The maximum atomic E-state index is 13.5. The first-order valence-electron chi connectivity index (χ1n) is 11.1. The van der Waals surface area contributed by atoms with Gasteiger partial charge in [-0.1, -0.05) is 11.6 Å². The van der Waals surface area contributed by atoms with Crippen molar-refractivity contribution in [2.24, 2.45) is 11.5 Å². The van der Waals surface area contributed by atoms with Gasteiger partial charge in [0.25, 0.3) is 0 Å². The second-order valence-corrected chi connectivity index (χ2v) is 9.47. The van der Waals surface area contributed by atoms with Crippen LogP contribution < -0.4 is 21.5 Å². The summed E-state index contributed by atoms with van der Waals surface area (Å²) in [6.07, 6.45) is -1.44. The summed E-state index contributed by atoms with van der Waals surface area (Å²) < 4.78 is 25.3. The summed E-state index contributed by atoms with van der Waals surface area (Å²) in [4.78, 5) is 48.8. The van der Waals surface area contributed by atoms with E-state index >= 15 is 0 Å². The molecule has 1 heterocycles. The second-order valence-electron chi connectivity index (χ2n) is 9.06. The molecule has 0 aromatic heterocycles. The second kappa shape index (κ2) is 10.7. The van der Waals surface area contributed by atoms with Crippen LogP contribution in [0.5, 0.6) is 5.75 Å². The summed E-state index contributed by atoms with van der Waals surface area (Å²) in [5.41, 5.74) is 10.9. The van der Waals surface area contributed by atoms with Crippen molar-refractivity contribution >= 4 is 35.0 Å². The molecular weight excluding hydrogens is 493 g/mol. The Bertz CT molecular complexity index is 1220. The Kier molecular flexibility index (Phi) is 8.12. The summed E-state index contributed by atoms with van der Waals surface area (Å²) in [6, 6.07) is 6.33. The molecule has 1 aliphatic rings. The van der Waals surface area contributed by atoms with Gasteiger partial charge in [-0.2, -0.15) is 0 Å². The number of hydrogen-bond acceptors (Lipinski definition) is 8. The smallest absolute Gasteiger partial charge is 0.323 e. The third-order valence-electron chi connectivity index (χ3n) is 5.80. The first kappa shape index (κ1) is 27.3. The maximum Gasteiger partial charge on any atom is 0.323 e. The highest BCUT2D eigenvalue weighted by Crippen LogP contribution is 2.42. The van der Waals surface area contributed by atoms with E-state index in [0.29, 0.717) is 16.9 Å². The van der Waals surface area contributed by atoms with Gasteiger partial charge in [-0.05, 0) is 57.2 Å². The van der Waals surface area contributed by atoms with E-state index in [1.165, 1.54) is 19.1 Å². The van der Waals surface area contributed by atoms with Crippen molar-refractivity contribution in [1.29, 1.82) is 0 Å². The highest BCUT2D eigenvalue weighted by Gasteiger charge is 2.47. The van der Waals surface area contributed by atoms with Crippen LogP contribution in [0.1, 0.15) is 59.5 Å². The molecule has 2 aromatic rings. The van der Waals surface area contributed by atoms with Crippen molar-refractivity contribution in [1.82, 2.24) is 5.32 Å². The van der Waals surface area contributed by atoms with Crippen molar-refractivity contribution in [2.75, 3.05) is 6.54 Å². The number of benzene rings is 2. The minimum Gasteiger partial charge on any atom is -0.484 e. The Morgan fingerprint density at radius 3 is 2.44 bits per heavy atom. The average molecular weight is 520 g/mol. The van der Waals surface area contributed by atoms with Gasteiger partial charge in [-0.25, -0.2) is 4.39 Å². The number of halogens is 2. The van der Waals surface area contributed by atoms with Crippen LogP contribution in [-0.4, -0.2) is 47.7 Å². The van der Waals surface area contributed by atoms with E-state index < -0.39 is 53.7 Å². The summed E-state index contributed by atoms with van der Waals surface area (Å²) in [6.45, 7) is 4.53. The van der Waals surface area contributed by atoms with Crippen molar-refractivity contribution in [2.45, 2.75) is 51.0 Å². The number of fused-ring (bicyclic) bond motifs is 1. The molecule has 0 spiro atoms. The summed E-state index contributed by atoms with van der Waals surface area (Å²) in [5, 5.41) is 2.89. The average Bonchev–Trinajstić information content (AvgIpc) is 2.79. The molecule has 3 atom stereocenters. The highest BCUT2D eigenvalue weighted by atomic mass is 35.5. The number of ether oxygens (including phenoxy) is 2. The number of esters is 1.